The van der Waals surface area contributed by atoms with Crippen molar-refractivity contribution in [2.75, 3.05) is 11.1 Å². The largest absolute Gasteiger partial charge is 0.436 e. The highest BCUT2D eigenvalue weighted by molar-refractivity contribution is 8.00. The molecule has 1 aromatic heterocycles. The van der Waals surface area contributed by atoms with E-state index in [9.17, 15) is 4.79 Å². The molecule has 0 aliphatic rings. The highest BCUT2D eigenvalue weighted by Gasteiger charge is 2.13. The molecule has 0 fully saturated rings. The first-order valence-corrected chi connectivity index (χ1v) is 10.6. The lowest BCUT2D eigenvalue weighted by Gasteiger charge is -2.05. The average molecular weight is 464 g/mol. The van der Waals surface area contributed by atoms with E-state index in [2.05, 4.69) is 10.3 Å². The number of anilines is 1. The number of hydrogen-bond donors (Lipinski definition) is 1. The Morgan fingerprint density at radius 3 is 2.48 bits per heavy atom. The fourth-order valence-electron chi connectivity index (χ4n) is 2.66. The highest BCUT2D eigenvalue weighted by Crippen LogP contribution is 2.32. The third kappa shape index (κ3) is 4.87. The zero-order valence-corrected chi connectivity index (χ0v) is 17.9. The van der Waals surface area contributed by atoms with Gasteiger partial charge in [-0.05, 0) is 60.7 Å². The molecular formula is C21H13Cl3N2O2S. The fourth-order valence-corrected chi connectivity index (χ4v) is 3.97. The molecule has 0 unspecified atom stereocenters. The Balaban J connectivity index is 1.47. The summed E-state index contributed by atoms with van der Waals surface area (Å²) in [7, 11) is 0. The molecular weight excluding hydrogens is 451 g/mol. The molecule has 1 heterocycles. The Hall–Kier alpha value is -2.18. The van der Waals surface area contributed by atoms with Crippen molar-refractivity contribution in [1.29, 1.82) is 0 Å². The maximum absolute atomic E-state index is 12.3. The number of carbonyl (C=O) groups excluding carboxylic acids is 1. The van der Waals surface area contributed by atoms with Crippen LogP contribution < -0.4 is 5.32 Å². The first-order chi connectivity index (χ1) is 14.0. The number of nitrogens with one attached hydrogen (secondary N) is 1. The highest BCUT2D eigenvalue weighted by atomic mass is 35.5. The maximum atomic E-state index is 12.3. The topological polar surface area (TPSA) is 55.1 Å². The van der Waals surface area contributed by atoms with Crippen LogP contribution in [0.2, 0.25) is 15.1 Å². The van der Waals surface area contributed by atoms with Crippen LogP contribution in [0.25, 0.3) is 22.6 Å². The van der Waals surface area contributed by atoms with Gasteiger partial charge >= 0.3 is 0 Å². The quantitative estimate of drug-likeness (QED) is 0.318. The molecule has 0 saturated heterocycles. The van der Waals surface area contributed by atoms with E-state index in [1.54, 1.807) is 48.5 Å². The van der Waals surface area contributed by atoms with Gasteiger partial charge in [0, 0.05) is 20.6 Å². The van der Waals surface area contributed by atoms with Crippen LogP contribution in [0.15, 0.2) is 70.0 Å². The van der Waals surface area contributed by atoms with Crippen LogP contribution in [0.3, 0.4) is 0 Å². The molecule has 29 heavy (non-hydrogen) atoms. The summed E-state index contributed by atoms with van der Waals surface area (Å²) in [5.74, 6) is 0.557. The van der Waals surface area contributed by atoms with Crippen LogP contribution >= 0.6 is 46.6 Å². The average Bonchev–Trinajstić information content (AvgIpc) is 3.10. The molecule has 146 valence electrons. The van der Waals surface area contributed by atoms with E-state index >= 15 is 0 Å². The van der Waals surface area contributed by atoms with Crippen molar-refractivity contribution in [3.63, 3.8) is 0 Å². The van der Waals surface area contributed by atoms with Gasteiger partial charge in [-0.1, -0.05) is 34.8 Å². The molecule has 1 N–H and O–H groups in total. The summed E-state index contributed by atoms with van der Waals surface area (Å²) in [6.07, 6.45) is 0. The molecule has 0 atom stereocenters. The van der Waals surface area contributed by atoms with E-state index in [1.807, 2.05) is 12.1 Å². The summed E-state index contributed by atoms with van der Waals surface area (Å²) in [5, 5.41) is 4.53. The van der Waals surface area contributed by atoms with E-state index in [1.165, 1.54) is 11.8 Å². The Bertz CT molecular complexity index is 1190. The molecule has 8 heteroatoms. The van der Waals surface area contributed by atoms with Crippen LogP contribution in [-0.2, 0) is 4.79 Å². The van der Waals surface area contributed by atoms with Crippen molar-refractivity contribution >= 4 is 69.3 Å². The lowest BCUT2D eigenvalue weighted by atomic mass is 10.2. The molecule has 0 aliphatic carbocycles. The van der Waals surface area contributed by atoms with Gasteiger partial charge in [0.2, 0.25) is 11.8 Å². The van der Waals surface area contributed by atoms with Gasteiger partial charge in [-0.25, -0.2) is 4.98 Å². The Morgan fingerprint density at radius 1 is 0.966 bits per heavy atom. The van der Waals surface area contributed by atoms with Crippen molar-refractivity contribution in [2.45, 2.75) is 4.90 Å². The summed E-state index contributed by atoms with van der Waals surface area (Å²) >= 11 is 19.5. The number of amides is 1. The first kappa shape index (κ1) is 20.1. The number of nitrogens with zero attached hydrogens (tertiary/aromatic N) is 1. The Labute approximate surface area is 186 Å². The smallest absolute Gasteiger partial charge is 0.234 e. The van der Waals surface area contributed by atoms with Gasteiger partial charge in [0.15, 0.2) is 5.58 Å². The molecule has 4 rings (SSSR count). The monoisotopic (exact) mass is 462 g/mol. The lowest BCUT2D eigenvalue weighted by Crippen LogP contribution is -2.13. The number of aromatic nitrogens is 1. The summed E-state index contributed by atoms with van der Waals surface area (Å²) in [6.45, 7) is 0. The molecule has 4 aromatic rings. The van der Waals surface area contributed by atoms with Crippen molar-refractivity contribution in [3.05, 3.63) is 75.7 Å². The van der Waals surface area contributed by atoms with Gasteiger partial charge < -0.3 is 9.73 Å². The SMILES string of the molecule is O=C(CSc1ccc(Cl)cc1)Nc1ccc2oc(-c3ccc(Cl)cc3Cl)nc2c1. The standard InChI is InChI=1S/C21H13Cl3N2O2S/c22-12-1-5-15(6-2-12)29-11-20(27)25-14-4-8-19-18(10-14)26-21(28-19)16-7-3-13(23)9-17(16)24/h1-10H,11H2,(H,25,27). The van der Waals surface area contributed by atoms with E-state index in [0.717, 1.165) is 4.90 Å². The zero-order chi connectivity index (χ0) is 20.4. The molecule has 0 aliphatic heterocycles. The summed E-state index contributed by atoms with van der Waals surface area (Å²) in [4.78, 5) is 17.7. The first-order valence-electron chi connectivity index (χ1n) is 8.52. The van der Waals surface area contributed by atoms with Crippen molar-refractivity contribution in [2.24, 2.45) is 0 Å². The normalized spacial score (nSPS) is 11.0. The van der Waals surface area contributed by atoms with Crippen LogP contribution in [-0.4, -0.2) is 16.6 Å². The van der Waals surface area contributed by atoms with Crippen LogP contribution in [0, 0.1) is 0 Å². The number of halogens is 3. The van der Waals surface area contributed by atoms with Gasteiger partial charge in [-0.2, -0.15) is 0 Å². The second kappa shape index (κ2) is 8.67. The van der Waals surface area contributed by atoms with Gasteiger partial charge in [-0.15, -0.1) is 11.8 Å². The van der Waals surface area contributed by atoms with Crippen LogP contribution in [0.5, 0.6) is 0 Å². The molecule has 0 spiro atoms. The number of benzene rings is 3. The summed E-state index contributed by atoms with van der Waals surface area (Å²) in [5.41, 5.74) is 2.51. The number of fused-ring (bicyclic) bond motifs is 1. The number of carbonyl (C=O) groups is 1. The molecule has 3 aromatic carbocycles. The fraction of sp³-hybridized carbons (Fsp3) is 0.0476. The van der Waals surface area contributed by atoms with Gasteiger partial charge in [0.25, 0.3) is 0 Å². The third-order valence-corrected chi connectivity index (χ3v) is 5.83. The number of hydrogen-bond acceptors (Lipinski definition) is 4. The molecule has 0 radical (unpaired) electrons. The van der Waals surface area contributed by atoms with Crippen LogP contribution in [0.4, 0.5) is 5.69 Å². The van der Waals surface area contributed by atoms with Crippen molar-refractivity contribution in [1.82, 2.24) is 4.98 Å². The predicted molar refractivity (Wildman–Crippen MR) is 120 cm³/mol. The molecule has 0 saturated carbocycles. The second-order valence-corrected chi connectivity index (χ2v) is 8.45. The minimum absolute atomic E-state index is 0.117. The van der Waals surface area contributed by atoms with Gasteiger partial charge in [0.1, 0.15) is 5.52 Å². The molecule has 1 amide bonds. The predicted octanol–water partition coefficient (Wildman–Crippen LogP) is 7.19. The van der Waals surface area contributed by atoms with Crippen molar-refractivity contribution < 1.29 is 9.21 Å². The number of rotatable bonds is 5. The lowest BCUT2D eigenvalue weighted by molar-refractivity contribution is -0.113. The van der Waals surface area contributed by atoms with E-state index in [-0.39, 0.29) is 11.7 Å². The number of thioether (sulfide) groups is 1. The van der Waals surface area contributed by atoms with Crippen molar-refractivity contribution in [3.8, 4) is 11.5 Å². The third-order valence-electron chi connectivity index (χ3n) is 4.02. The zero-order valence-electron chi connectivity index (χ0n) is 14.8. The Morgan fingerprint density at radius 2 is 1.72 bits per heavy atom. The van der Waals surface area contributed by atoms with E-state index in [0.29, 0.717) is 43.3 Å². The summed E-state index contributed by atoms with van der Waals surface area (Å²) in [6, 6.07) is 17.8. The van der Waals surface area contributed by atoms with E-state index < -0.39 is 0 Å². The van der Waals surface area contributed by atoms with Crippen LogP contribution in [0.1, 0.15) is 0 Å². The minimum atomic E-state index is -0.117. The Kier molecular flexibility index (Phi) is 6.01. The minimum Gasteiger partial charge on any atom is -0.436 e. The molecule has 0 bridgehead atoms. The second-order valence-electron chi connectivity index (χ2n) is 6.12. The molecule has 4 nitrogen and oxygen atoms in total. The maximum Gasteiger partial charge on any atom is 0.234 e. The summed E-state index contributed by atoms with van der Waals surface area (Å²) < 4.78 is 5.78. The van der Waals surface area contributed by atoms with Gasteiger partial charge in [-0.3, -0.25) is 4.79 Å². The van der Waals surface area contributed by atoms with Gasteiger partial charge in [0.05, 0.1) is 16.3 Å². The van der Waals surface area contributed by atoms with E-state index in [4.69, 9.17) is 39.2 Å². The number of oxazole rings is 1.